The third-order valence-electron chi connectivity index (χ3n) is 1.40. The van der Waals surface area contributed by atoms with Gasteiger partial charge in [0.15, 0.2) is 6.29 Å². The lowest BCUT2D eigenvalue weighted by atomic mass is 10.3. The maximum Gasteiger partial charge on any atom is 0.451 e. The van der Waals surface area contributed by atoms with E-state index in [1.165, 1.54) is 6.92 Å². The molecule has 0 bridgehead atoms. The minimum atomic E-state index is -4.56. The van der Waals surface area contributed by atoms with Gasteiger partial charge < -0.3 is 0 Å². The molecule has 6 heteroatoms. The first kappa shape index (κ1) is 9.63. The average Bonchev–Trinajstić information content (AvgIpc) is 2.02. The summed E-state index contributed by atoms with van der Waals surface area (Å²) in [6.45, 7) is 1.32. The Morgan fingerprint density at radius 2 is 2.08 bits per heavy atom. The van der Waals surface area contributed by atoms with Crippen LogP contribution in [-0.2, 0) is 6.18 Å². The van der Waals surface area contributed by atoms with Crippen molar-refractivity contribution in [1.29, 1.82) is 0 Å². The molecule has 0 saturated carbocycles. The lowest BCUT2D eigenvalue weighted by Gasteiger charge is -2.05. The summed E-state index contributed by atoms with van der Waals surface area (Å²) in [6.07, 6.45) is -3.29. The number of halogens is 3. The summed E-state index contributed by atoms with van der Waals surface area (Å²) in [5, 5.41) is 0. The molecule has 13 heavy (non-hydrogen) atoms. The van der Waals surface area contributed by atoms with Crippen molar-refractivity contribution in [2.75, 3.05) is 0 Å². The number of rotatable bonds is 1. The van der Waals surface area contributed by atoms with Gasteiger partial charge in [-0.15, -0.1) is 0 Å². The molecular weight excluding hydrogens is 185 g/mol. The molecule has 1 rings (SSSR count). The van der Waals surface area contributed by atoms with Crippen LogP contribution < -0.4 is 0 Å². The van der Waals surface area contributed by atoms with E-state index in [1.54, 1.807) is 0 Å². The lowest BCUT2D eigenvalue weighted by Crippen LogP contribution is -2.12. The van der Waals surface area contributed by atoms with Gasteiger partial charge in [-0.25, -0.2) is 9.97 Å². The zero-order chi connectivity index (χ0) is 10.1. The maximum absolute atomic E-state index is 12.0. The molecule has 0 spiro atoms. The second-order valence-corrected chi connectivity index (χ2v) is 2.35. The van der Waals surface area contributed by atoms with Crippen LogP contribution in [0.1, 0.15) is 21.9 Å². The van der Waals surface area contributed by atoms with Gasteiger partial charge in [-0.3, -0.25) is 4.79 Å². The molecule has 0 aliphatic heterocycles. The van der Waals surface area contributed by atoms with Gasteiger partial charge in [0, 0.05) is 6.20 Å². The first-order chi connectivity index (χ1) is 5.95. The van der Waals surface area contributed by atoms with Crippen molar-refractivity contribution in [3.63, 3.8) is 0 Å². The number of aryl methyl sites for hydroxylation is 1. The summed E-state index contributed by atoms with van der Waals surface area (Å²) in [6, 6.07) is 0. The number of hydrogen-bond acceptors (Lipinski definition) is 3. The number of alkyl halides is 3. The van der Waals surface area contributed by atoms with Gasteiger partial charge in [0.05, 0.1) is 11.3 Å². The van der Waals surface area contributed by atoms with E-state index >= 15 is 0 Å². The monoisotopic (exact) mass is 190 g/mol. The molecule has 3 nitrogen and oxygen atoms in total. The van der Waals surface area contributed by atoms with Crippen LogP contribution in [0.2, 0.25) is 0 Å². The minimum Gasteiger partial charge on any atom is -0.298 e. The summed E-state index contributed by atoms with van der Waals surface area (Å²) in [5.41, 5.74) is 0.0883. The number of hydrogen-bond donors (Lipinski definition) is 0. The standard InChI is InChI=1S/C7H5F3N2O/c1-4-5(3-13)2-11-6(12-4)7(8,9)10/h2-3H,1H3. The number of aldehydes is 1. The Morgan fingerprint density at radius 1 is 1.46 bits per heavy atom. The Morgan fingerprint density at radius 3 is 2.46 bits per heavy atom. The molecule has 0 fully saturated rings. The highest BCUT2D eigenvalue weighted by Gasteiger charge is 2.34. The summed E-state index contributed by atoms with van der Waals surface area (Å²) in [4.78, 5) is 16.4. The Labute approximate surface area is 71.6 Å². The van der Waals surface area contributed by atoms with Crippen LogP contribution in [0, 0.1) is 6.92 Å². The van der Waals surface area contributed by atoms with Crippen LogP contribution in [0.3, 0.4) is 0 Å². The Kier molecular flexibility index (Phi) is 2.31. The molecule has 0 atom stereocenters. The molecule has 0 aromatic carbocycles. The second kappa shape index (κ2) is 3.12. The fourth-order valence-electron chi connectivity index (χ4n) is 0.729. The topological polar surface area (TPSA) is 42.9 Å². The first-order valence-electron chi connectivity index (χ1n) is 3.31. The van der Waals surface area contributed by atoms with E-state index < -0.39 is 12.0 Å². The van der Waals surface area contributed by atoms with Crippen LogP contribution in [0.4, 0.5) is 13.2 Å². The largest absolute Gasteiger partial charge is 0.451 e. The lowest BCUT2D eigenvalue weighted by molar-refractivity contribution is -0.145. The molecule has 0 amide bonds. The van der Waals surface area contributed by atoms with E-state index in [0.717, 1.165) is 6.20 Å². The van der Waals surface area contributed by atoms with Crippen molar-refractivity contribution in [3.05, 3.63) is 23.3 Å². The minimum absolute atomic E-state index is 0.0253. The van der Waals surface area contributed by atoms with Crippen molar-refractivity contribution >= 4 is 6.29 Å². The fraction of sp³-hybridized carbons (Fsp3) is 0.286. The van der Waals surface area contributed by atoms with Crippen molar-refractivity contribution in [2.45, 2.75) is 13.1 Å². The first-order valence-corrected chi connectivity index (χ1v) is 3.31. The van der Waals surface area contributed by atoms with Gasteiger partial charge >= 0.3 is 6.18 Å². The zero-order valence-corrected chi connectivity index (χ0v) is 6.59. The molecule has 0 N–H and O–H groups in total. The van der Waals surface area contributed by atoms with Crippen LogP contribution in [0.15, 0.2) is 6.20 Å². The Balaban J connectivity index is 3.17. The molecule has 1 aromatic rings. The molecule has 0 saturated heterocycles. The SMILES string of the molecule is Cc1nc(C(F)(F)F)ncc1C=O. The van der Waals surface area contributed by atoms with Crippen molar-refractivity contribution in [2.24, 2.45) is 0 Å². The highest BCUT2D eigenvalue weighted by Crippen LogP contribution is 2.25. The molecular formula is C7H5F3N2O. The second-order valence-electron chi connectivity index (χ2n) is 2.35. The van der Waals surface area contributed by atoms with Crippen molar-refractivity contribution in [3.8, 4) is 0 Å². The predicted molar refractivity (Wildman–Crippen MR) is 37.2 cm³/mol. The number of carbonyl (C=O) groups is 1. The van der Waals surface area contributed by atoms with E-state index in [0.29, 0.717) is 6.29 Å². The van der Waals surface area contributed by atoms with Gasteiger partial charge in [0.1, 0.15) is 0 Å². The molecule has 0 radical (unpaired) electrons. The molecule has 1 aromatic heterocycles. The smallest absolute Gasteiger partial charge is 0.298 e. The van der Waals surface area contributed by atoms with Crippen molar-refractivity contribution in [1.82, 2.24) is 9.97 Å². The van der Waals surface area contributed by atoms with Crippen LogP contribution >= 0.6 is 0 Å². The highest BCUT2D eigenvalue weighted by atomic mass is 19.4. The number of carbonyl (C=O) groups excluding carboxylic acids is 1. The fourth-order valence-corrected chi connectivity index (χ4v) is 0.729. The average molecular weight is 190 g/mol. The van der Waals surface area contributed by atoms with Gasteiger partial charge in [-0.05, 0) is 6.92 Å². The quantitative estimate of drug-likeness (QED) is 0.632. The normalized spacial score (nSPS) is 11.4. The summed E-state index contributed by atoms with van der Waals surface area (Å²) in [5.74, 6) is -1.23. The third-order valence-corrected chi connectivity index (χ3v) is 1.40. The van der Waals surface area contributed by atoms with Gasteiger partial charge in [-0.1, -0.05) is 0 Å². The van der Waals surface area contributed by atoms with Crippen LogP contribution in [0.25, 0.3) is 0 Å². The van der Waals surface area contributed by atoms with Gasteiger partial charge in [0.2, 0.25) is 5.82 Å². The molecule has 0 aliphatic carbocycles. The van der Waals surface area contributed by atoms with E-state index in [-0.39, 0.29) is 11.3 Å². The molecule has 70 valence electrons. The van der Waals surface area contributed by atoms with E-state index in [9.17, 15) is 18.0 Å². The van der Waals surface area contributed by atoms with Crippen molar-refractivity contribution < 1.29 is 18.0 Å². The summed E-state index contributed by atoms with van der Waals surface area (Å²) in [7, 11) is 0. The molecule has 0 aliphatic rings. The van der Waals surface area contributed by atoms with Gasteiger partial charge in [-0.2, -0.15) is 13.2 Å². The number of aromatic nitrogens is 2. The highest BCUT2D eigenvalue weighted by molar-refractivity contribution is 5.75. The Hall–Kier alpha value is -1.46. The number of nitrogens with zero attached hydrogens (tertiary/aromatic N) is 2. The van der Waals surface area contributed by atoms with E-state index in [4.69, 9.17) is 0 Å². The van der Waals surface area contributed by atoms with Gasteiger partial charge in [0.25, 0.3) is 0 Å². The summed E-state index contributed by atoms with van der Waals surface area (Å²) >= 11 is 0. The molecule has 1 heterocycles. The van der Waals surface area contributed by atoms with Crippen LogP contribution in [-0.4, -0.2) is 16.3 Å². The Bertz CT molecular complexity index is 335. The van der Waals surface area contributed by atoms with E-state index in [2.05, 4.69) is 9.97 Å². The predicted octanol–water partition coefficient (Wildman–Crippen LogP) is 1.62. The van der Waals surface area contributed by atoms with Crippen LogP contribution in [0.5, 0.6) is 0 Å². The van der Waals surface area contributed by atoms with E-state index in [1.807, 2.05) is 0 Å². The summed E-state index contributed by atoms with van der Waals surface area (Å²) < 4.78 is 36.0. The maximum atomic E-state index is 12.0. The molecule has 0 unspecified atom stereocenters. The zero-order valence-electron chi connectivity index (χ0n) is 6.59. The third kappa shape index (κ3) is 2.01.